The van der Waals surface area contributed by atoms with Crippen molar-refractivity contribution in [2.75, 3.05) is 6.54 Å². The minimum absolute atomic E-state index is 0.0366. The molecule has 0 unspecified atom stereocenters. The molecule has 114 valence electrons. The number of rotatable bonds is 5. The Labute approximate surface area is 127 Å². The van der Waals surface area contributed by atoms with Gasteiger partial charge in [-0.15, -0.1) is 0 Å². The maximum Gasteiger partial charge on any atom is 0.224 e. The van der Waals surface area contributed by atoms with Crippen molar-refractivity contribution < 1.29 is 9.32 Å². The number of imidazole rings is 1. The third kappa shape index (κ3) is 3.00. The molecule has 0 bridgehead atoms. The van der Waals surface area contributed by atoms with Gasteiger partial charge in [0.1, 0.15) is 11.6 Å². The Morgan fingerprint density at radius 1 is 1.32 bits per heavy atom. The molecule has 0 aliphatic heterocycles. The Kier molecular flexibility index (Phi) is 3.91. The summed E-state index contributed by atoms with van der Waals surface area (Å²) in [5, 5.41) is 6.75. The smallest absolute Gasteiger partial charge is 0.224 e. The van der Waals surface area contributed by atoms with Gasteiger partial charge in [0.15, 0.2) is 0 Å². The summed E-state index contributed by atoms with van der Waals surface area (Å²) in [5.74, 6) is 1.54. The van der Waals surface area contributed by atoms with Crippen LogP contribution < -0.4 is 5.32 Å². The monoisotopic (exact) mass is 298 g/mol. The summed E-state index contributed by atoms with van der Waals surface area (Å²) in [6.45, 7) is 4.20. The van der Waals surface area contributed by atoms with E-state index in [1.54, 1.807) is 0 Å². The molecule has 0 aliphatic rings. The fourth-order valence-electron chi connectivity index (χ4n) is 2.42. The number of aromatic nitrogens is 3. The minimum atomic E-state index is -0.0366. The molecule has 0 saturated heterocycles. The Hall–Kier alpha value is -2.63. The summed E-state index contributed by atoms with van der Waals surface area (Å²) >= 11 is 0. The molecule has 22 heavy (non-hydrogen) atoms. The predicted molar refractivity (Wildman–Crippen MR) is 82.5 cm³/mol. The van der Waals surface area contributed by atoms with Crippen molar-refractivity contribution in [1.29, 1.82) is 0 Å². The quantitative estimate of drug-likeness (QED) is 0.755. The second-order valence-corrected chi connectivity index (χ2v) is 5.28. The number of hydrogen-bond acceptors (Lipinski definition) is 4. The molecule has 0 atom stereocenters. The molecule has 0 saturated carbocycles. The summed E-state index contributed by atoms with van der Waals surface area (Å²) in [4.78, 5) is 19.7. The Morgan fingerprint density at radius 3 is 2.86 bits per heavy atom. The van der Waals surface area contributed by atoms with E-state index in [-0.39, 0.29) is 5.91 Å². The average Bonchev–Trinajstić information content (AvgIpc) is 3.05. The van der Waals surface area contributed by atoms with Gasteiger partial charge in [-0.1, -0.05) is 17.3 Å². The highest BCUT2D eigenvalue weighted by molar-refractivity contribution is 5.79. The number of aryl methyl sites for hydroxylation is 2. The highest BCUT2D eigenvalue weighted by Gasteiger charge is 2.13. The second kappa shape index (κ2) is 6.01. The normalized spacial score (nSPS) is 11.0. The topological polar surface area (TPSA) is 83.8 Å². The highest BCUT2D eigenvalue weighted by atomic mass is 16.5. The SMILES string of the molecule is Cc1noc(C)c1CC(=O)NCCc1nc2ccccc2[nH]1. The van der Waals surface area contributed by atoms with Crippen LogP contribution in [-0.2, 0) is 17.6 Å². The number of nitrogens with zero attached hydrogens (tertiary/aromatic N) is 2. The van der Waals surface area contributed by atoms with Gasteiger partial charge >= 0.3 is 0 Å². The first-order valence-electron chi connectivity index (χ1n) is 7.25. The Bertz CT molecular complexity index is 751. The van der Waals surface area contributed by atoms with Gasteiger partial charge in [-0.2, -0.15) is 0 Å². The highest BCUT2D eigenvalue weighted by Crippen LogP contribution is 2.13. The molecular formula is C16H18N4O2. The van der Waals surface area contributed by atoms with Crippen LogP contribution in [0.2, 0.25) is 0 Å². The fraction of sp³-hybridized carbons (Fsp3) is 0.312. The van der Waals surface area contributed by atoms with E-state index in [9.17, 15) is 4.79 Å². The second-order valence-electron chi connectivity index (χ2n) is 5.28. The zero-order chi connectivity index (χ0) is 15.5. The van der Waals surface area contributed by atoms with Crippen molar-refractivity contribution in [1.82, 2.24) is 20.4 Å². The zero-order valence-corrected chi connectivity index (χ0v) is 12.6. The van der Waals surface area contributed by atoms with Gasteiger partial charge in [-0.25, -0.2) is 4.98 Å². The van der Waals surface area contributed by atoms with E-state index >= 15 is 0 Å². The molecule has 3 aromatic rings. The number of carbonyl (C=O) groups is 1. The number of aromatic amines is 1. The Balaban J connectivity index is 1.53. The van der Waals surface area contributed by atoms with E-state index < -0.39 is 0 Å². The first-order valence-corrected chi connectivity index (χ1v) is 7.25. The van der Waals surface area contributed by atoms with Gasteiger partial charge in [-0.3, -0.25) is 4.79 Å². The molecule has 2 heterocycles. The summed E-state index contributed by atoms with van der Waals surface area (Å²) in [5.41, 5.74) is 3.59. The van der Waals surface area contributed by atoms with Crippen LogP contribution in [0.1, 0.15) is 22.8 Å². The van der Waals surface area contributed by atoms with Crippen molar-refractivity contribution in [3.8, 4) is 0 Å². The molecule has 1 aromatic carbocycles. The van der Waals surface area contributed by atoms with Crippen LogP contribution in [0.4, 0.5) is 0 Å². The van der Waals surface area contributed by atoms with Crippen LogP contribution in [-0.4, -0.2) is 27.6 Å². The summed E-state index contributed by atoms with van der Waals surface area (Å²) in [6, 6.07) is 7.88. The van der Waals surface area contributed by atoms with Crippen LogP contribution >= 0.6 is 0 Å². The molecule has 6 heteroatoms. The van der Waals surface area contributed by atoms with Crippen LogP contribution in [0.25, 0.3) is 11.0 Å². The van der Waals surface area contributed by atoms with Crippen molar-refractivity contribution in [2.24, 2.45) is 0 Å². The number of amides is 1. The van der Waals surface area contributed by atoms with E-state index in [0.29, 0.717) is 25.1 Å². The number of H-pyrrole nitrogens is 1. The number of hydrogen-bond donors (Lipinski definition) is 2. The first kappa shape index (κ1) is 14.3. The molecule has 0 radical (unpaired) electrons. The lowest BCUT2D eigenvalue weighted by Gasteiger charge is -2.03. The molecule has 2 N–H and O–H groups in total. The minimum Gasteiger partial charge on any atom is -0.361 e. The van der Waals surface area contributed by atoms with Crippen LogP contribution in [0.3, 0.4) is 0 Å². The van der Waals surface area contributed by atoms with Crippen molar-refractivity contribution in [3.63, 3.8) is 0 Å². The Morgan fingerprint density at radius 2 is 2.14 bits per heavy atom. The number of para-hydroxylation sites is 2. The molecule has 1 amide bonds. The van der Waals surface area contributed by atoms with Crippen molar-refractivity contribution in [2.45, 2.75) is 26.7 Å². The fourth-order valence-corrected chi connectivity index (χ4v) is 2.42. The molecule has 3 rings (SSSR count). The summed E-state index contributed by atoms with van der Waals surface area (Å²) in [6.07, 6.45) is 0.962. The van der Waals surface area contributed by atoms with Gasteiger partial charge in [0.25, 0.3) is 0 Å². The summed E-state index contributed by atoms with van der Waals surface area (Å²) < 4.78 is 5.06. The van der Waals surface area contributed by atoms with Gasteiger partial charge in [0.2, 0.25) is 5.91 Å². The number of fused-ring (bicyclic) bond motifs is 1. The number of carbonyl (C=O) groups excluding carboxylic acids is 1. The summed E-state index contributed by atoms with van der Waals surface area (Å²) in [7, 11) is 0. The molecule has 0 aliphatic carbocycles. The van der Waals surface area contributed by atoms with E-state index in [1.807, 2.05) is 38.1 Å². The molecule has 2 aromatic heterocycles. The maximum atomic E-state index is 12.0. The predicted octanol–water partition coefficient (Wildman–Crippen LogP) is 2.07. The first-order chi connectivity index (χ1) is 10.6. The van der Waals surface area contributed by atoms with Gasteiger partial charge in [-0.05, 0) is 26.0 Å². The van der Waals surface area contributed by atoms with E-state index in [1.165, 1.54) is 0 Å². The molecule has 6 nitrogen and oxygen atoms in total. The van der Waals surface area contributed by atoms with Crippen molar-refractivity contribution >= 4 is 16.9 Å². The van der Waals surface area contributed by atoms with Crippen LogP contribution in [0.15, 0.2) is 28.8 Å². The van der Waals surface area contributed by atoms with Gasteiger partial charge < -0.3 is 14.8 Å². The lowest BCUT2D eigenvalue weighted by atomic mass is 10.1. The lowest BCUT2D eigenvalue weighted by molar-refractivity contribution is -0.120. The standard InChI is InChI=1S/C16H18N4O2/c1-10-12(11(2)22-20-10)9-16(21)17-8-7-15-18-13-5-3-4-6-14(13)19-15/h3-6H,7-9H2,1-2H3,(H,17,21)(H,18,19). The molecular weight excluding hydrogens is 280 g/mol. The van der Waals surface area contributed by atoms with E-state index in [0.717, 1.165) is 28.1 Å². The maximum absolute atomic E-state index is 12.0. The number of benzene rings is 1. The van der Waals surface area contributed by atoms with Gasteiger partial charge in [0, 0.05) is 18.5 Å². The molecule has 0 spiro atoms. The largest absolute Gasteiger partial charge is 0.361 e. The molecule has 0 fully saturated rings. The van der Waals surface area contributed by atoms with Crippen LogP contribution in [0.5, 0.6) is 0 Å². The lowest BCUT2D eigenvalue weighted by Crippen LogP contribution is -2.27. The number of nitrogens with one attached hydrogen (secondary N) is 2. The third-order valence-corrected chi connectivity index (χ3v) is 3.64. The van der Waals surface area contributed by atoms with Gasteiger partial charge in [0.05, 0.1) is 23.1 Å². The average molecular weight is 298 g/mol. The zero-order valence-electron chi connectivity index (χ0n) is 12.6. The van der Waals surface area contributed by atoms with E-state index in [4.69, 9.17) is 4.52 Å². The van der Waals surface area contributed by atoms with Crippen LogP contribution in [0, 0.1) is 13.8 Å². The third-order valence-electron chi connectivity index (χ3n) is 3.64. The van der Waals surface area contributed by atoms with E-state index in [2.05, 4.69) is 20.4 Å². The van der Waals surface area contributed by atoms with Crippen molar-refractivity contribution in [3.05, 3.63) is 47.1 Å².